The summed E-state index contributed by atoms with van der Waals surface area (Å²) in [6.07, 6.45) is 1.19. The van der Waals surface area contributed by atoms with Crippen LogP contribution in [0.3, 0.4) is 0 Å². The zero-order chi connectivity index (χ0) is 14.4. The molecule has 0 heterocycles. The van der Waals surface area contributed by atoms with Gasteiger partial charge in [-0.05, 0) is 18.2 Å². The highest BCUT2D eigenvalue weighted by Crippen LogP contribution is 2.30. The summed E-state index contributed by atoms with van der Waals surface area (Å²) in [7, 11) is 1.41. The molecule has 2 aromatic carbocycles. The number of hydrogen-bond acceptors (Lipinski definition) is 3. The molecule has 0 fully saturated rings. The molecular formula is C16H14O4. The van der Waals surface area contributed by atoms with Gasteiger partial charge in [-0.3, -0.25) is 0 Å². The molecule has 0 spiro atoms. The van der Waals surface area contributed by atoms with E-state index in [0.717, 1.165) is 0 Å². The van der Waals surface area contributed by atoms with Gasteiger partial charge in [0.05, 0.1) is 13.4 Å². The molecule has 0 saturated carbocycles. The second-order valence-corrected chi connectivity index (χ2v) is 3.98. The van der Waals surface area contributed by atoms with E-state index in [4.69, 9.17) is 9.47 Å². The Labute approximate surface area is 116 Å². The summed E-state index contributed by atoms with van der Waals surface area (Å²) in [6, 6.07) is 16.1. The van der Waals surface area contributed by atoms with Gasteiger partial charge in [0, 0.05) is 5.56 Å². The predicted molar refractivity (Wildman–Crippen MR) is 75.6 cm³/mol. The second-order valence-electron chi connectivity index (χ2n) is 3.98. The Morgan fingerprint density at radius 3 is 2.35 bits per heavy atom. The van der Waals surface area contributed by atoms with Gasteiger partial charge in [0.15, 0.2) is 0 Å². The standard InChI is InChI=1S/C16H14O4/c1-19-11-14(16(17)18)13-9-5-6-10-15(13)20-12-7-3-2-4-8-12/h2-11H,1H3,(H,17,18)/b14-11-. The van der Waals surface area contributed by atoms with Crippen molar-refractivity contribution in [1.82, 2.24) is 0 Å². The number of rotatable bonds is 5. The Kier molecular flexibility index (Phi) is 4.39. The van der Waals surface area contributed by atoms with E-state index in [1.807, 2.05) is 18.2 Å². The largest absolute Gasteiger partial charge is 0.503 e. The maximum atomic E-state index is 11.3. The maximum absolute atomic E-state index is 11.3. The van der Waals surface area contributed by atoms with Gasteiger partial charge in [0.1, 0.15) is 17.1 Å². The third kappa shape index (κ3) is 3.17. The minimum atomic E-state index is -1.07. The molecule has 0 aliphatic carbocycles. The molecule has 0 amide bonds. The summed E-state index contributed by atoms with van der Waals surface area (Å²) in [5.74, 6) is 0.0301. The molecule has 0 atom stereocenters. The lowest BCUT2D eigenvalue weighted by Crippen LogP contribution is -2.02. The molecule has 0 saturated heterocycles. The minimum absolute atomic E-state index is 0.0408. The van der Waals surface area contributed by atoms with Gasteiger partial charge in [-0.25, -0.2) is 4.79 Å². The highest BCUT2D eigenvalue weighted by Gasteiger charge is 2.16. The Morgan fingerprint density at radius 2 is 1.70 bits per heavy atom. The average Bonchev–Trinajstić information content (AvgIpc) is 2.46. The SMILES string of the molecule is CO/C=C(\C(=O)O)c1ccccc1Oc1ccccc1. The number of carboxylic acid groups (broad SMARTS) is 1. The van der Waals surface area contributed by atoms with E-state index in [1.165, 1.54) is 13.4 Å². The summed E-state index contributed by atoms with van der Waals surface area (Å²) >= 11 is 0. The number of methoxy groups -OCH3 is 1. The summed E-state index contributed by atoms with van der Waals surface area (Å²) in [4.78, 5) is 11.3. The Bertz CT molecular complexity index is 617. The third-order valence-electron chi connectivity index (χ3n) is 2.61. The van der Waals surface area contributed by atoms with E-state index in [2.05, 4.69) is 0 Å². The first-order chi connectivity index (χ1) is 9.72. The van der Waals surface area contributed by atoms with Gasteiger partial charge in [-0.1, -0.05) is 36.4 Å². The van der Waals surface area contributed by atoms with Crippen LogP contribution in [0.25, 0.3) is 5.57 Å². The molecule has 0 radical (unpaired) electrons. The van der Waals surface area contributed by atoms with E-state index in [9.17, 15) is 9.90 Å². The van der Waals surface area contributed by atoms with Crippen LogP contribution in [0.5, 0.6) is 11.5 Å². The quantitative estimate of drug-likeness (QED) is 0.666. The monoisotopic (exact) mass is 270 g/mol. The average molecular weight is 270 g/mol. The van der Waals surface area contributed by atoms with Crippen molar-refractivity contribution in [2.45, 2.75) is 0 Å². The van der Waals surface area contributed by atoms with Gasteiger partial charge < -0.3 is 14.6 Å². The zero-order valence-electron chi connectivity index (χ0n) is 10.9. The van der Waals surface area contributed by atoms with Gasteiger partial charge >= 0.3 is 5.97 Å². The van der Waals surface area contributed by atoms with E-state index >= 15 is 0 Å². The van der Waals surface area contributed by atoms with E-state index in [1.54, 1.807) is 36.4 Å². The van der Waals surface area contributed by atoms with Crippen LogP contribution in [0.4, 0.5) is 0 Å². The minimum Gasteiger partial charge on any atom is -0.503 e. The molecule has 4 heteroatoms. The number of ether oxygens (including phenoxy) is 2. The highest BCUT2D eigenvalue weighted by molar-refractivity contribution is 6.15. The number of aliphatic carboxylic acids is 1. The first-order valence-electron chi connectivity index (χ1n) is 6.01. The fourth-order valence-electron chi connectivity index (χ4n) is 1.74. The van der Waals surface area contributed by atoms with Crippen molar-refractivity contribution in [1.29, 1.82) is 0 Å². The lowest BCUT2D eigenvalue weighted by atomic mass is 10.1. The second kappa shape index (κ2) is 6.43. The van der Waals surface area contributed by atoms with Crippen LogP contribution in [0.15, 0.2) is 60.9 Å². The molecule has 0 aliphatic heterocycles. The van der Waals surface area contributed by atoms with E-state index < -0.39 is 5.97 Å². The third-order valence-corrected chi connectivity index (χ3v) is 2.61. The molecule has 2 rings (SSSR count). The van der Waals surface area contributed by atoms with Crippen molar-refractivity contribution in [3.05, 3.63) is 66.4 Å². The highest BCUT2D eigenvalue weighted by atomic mass is 16.5. The van der Waals surface area contributed by atoms with Crippen LogP contribution in [0.1, 0.15) is 5.56 Å². The van der Waals surface area contributed by atoms with Crippen molar-refractivity contribution < 1.29 is 19.4 Å². The van der Waals surface area contributed by atoms with Crippen LogP contribution in [0.2, 0.25) is 0 Å². The molecule has 4 nitrogen and oxygen atoms in total. The van der Waals surface area contributed by atoms with Gasteiger partial charge in [-0.15, -0.1) is 0 Å². The Hall–Kier alpha value is -2.75. The van der Waals surface area contributed by atoms with Crippen LogP contribution in [-0.2, 0) is 9.53 Å². The topological polar surface area (TPSA) is 55.8 Å². The number of para-hydroxylation sites is 2. The van der Waals surface area contributed by atoms with Crippen molar-refractivity contribution >= 4 is 11.5 Å². The number of hydrogen-bond donors (Lipinski definition) is 1. The fourth-order valence-corrected chi connectivity index (χ4v) is 1.74. The summed E-state index contributed by atoms with van der Waals surface area (Å²) in [5.41, 5.74) is 0.504. The van der Waals surface area contributed by atoms with Gasteiger partial charge in [0.2, 0.25) is 0 Å². The Balaban J connectivity index is 2.40. The number of carboxylic acids is 1. The first kappa shape index (κ1) is 13.7. The molecule has 2 aromatic rings. The predicted octanol–water partition coefficient (Wildman–Crippen LogP) is 3.55. The van der Waals surface area contributed by atoms with Crippen LogP contribution in [-0.4, -0.2) is 18.2 Å². The van der Waals surface area contributed by atoms with E-state index in [0.29, 0.717) is 17.1 Å². The molecule has 1 N–H and O–H groups in total. The zero-order valence-corrected chi connectivity index (χ0v) is 10.9. The van der Waals surface area contributed by atoms with Crippen molar-refractivity contribution in [2.75, 3.05) is 7.11 Å². The molecule has 20 heavy (non-hydrogen) atoms. The summed E-state index contributed by atoms with van der Waals surface area (Å²) < 4.78 is 10.6. The number of carbonyl (C=O) groups is 1. The lowest BCUT2D eigenvalue weighted by molar-refractivity contribution is -0.130. The summed E-state index contributed by atoms with van der Waals surface area (Å²) in [5, 5.41) is 9.24. The maximum Gasteiger partial charge on any atom is 0.339 e. The summed E-state index contributed by atoms with van der Waals surface area (Å²) in [6.45, 7) is 0. The van der Waals surface area contributed by atoms with Crippen molar-refractivity contribution in [3.63, 3.8) is 0 Å². The molecule has 0 aromatic heterocycles. The van der Waals surface area contributed by atoms with Gasteiger partial charge in [0.25, 0.3) is 0 Å². The van der Waals surface area contributed by atoms with Crippen LogP contribution < -0.4 is 4.74 Å². The van der Waals surface area contributed by atoms with E-state index in [-0.39, 0.29) is 5.57 Å². The molecule has 0 bridgehead atoms. The normalized spacial score (nSPS) is 10.9. The Morgan fingerprint density at radius 1 is 1.05 bits per heavy atom. The number of benzene rings is 2. The molecule has 102 valence electrons. The molecule has 0 aliphatic rings. The van der Waals surface area contributed by atoms with Crippen LogP contribution in [0, 0.1) is 0 Å². The van der Waals surface area contributed by atoms with Crippen molar-refractivity contribution in [2.24, 2.45) is 0 Å². The molecule has 0 unspecified atom stereocenters. The van der Waals surface area contributed by atoms with Crippen molar-refractivity contribution in [3.8, 4) is 11.5 Å². The smallest absolute Gasteiger partial charge is 0.339 e. The van der Waals surface area contributed by atoms with Gasteiger partial charge in [-0.2, -0.15) is 0 Å². The molecular weight excluding hydrogens is 256 g/mol. The van der Waals surface area contributed by atoms with Crippen LogP contribution >= 0.6 is 0 Å². The fraction of sp³-hybridized carbons (Fsp3) is 0.0625. The lowest BCUT2D eigenvalue weighted by Gasteiger charge is -2.11. The first-order valence-corrected chi connectivity index (χ1v) is 6.01.